The first kappa shape index (κ1) is 39.0. The molecule has 0 bridgehead atoms. The fraction of sp³-hybridized carbons (Fsp3) is 0.553. The maximum Gasteiger partial charge on any atom is 0.410 e. The fourth-order valence-corrected chi connectivity index (χ4v) is 8.68. The smallest absolute Gasteiger partial charge is 0.410 e. The minimum Gasteiger partial charge on any atom is -0.444 e. The van der Waals surface area contributed by atoms with E-state index in [1.165, 1.54) is 40.1 Å². The van der Waals surface area contributed by atoms with Crippen molar-refractivity contribution in [1.82, 2.24) is 25.2 Å². The van der Waals surface area contributed by atoms with Gasteiger partial charge in [0.15, 0.2) is 0 Å². The number of amides is 5. The Labute approximate surface area is 314 Å². The number of carbonyl (C=O) groups excluding carboxylic acids is 5. The van der Waals surface area contributed by atoms with Gasteiger partial charge in [-0.25, -0.2) is 27.1 Å². The van der Waals surface area contributed by atoms with E-state index in [1.54, 1.807) is 39.0 Å². The van der Waals surface area contributed by atoms with Crippen molar-refractivity contribution in [2.24, 2.45) is 5.92 Å². The molecule has 2 aromatic rings. The standard InChI is InChI=1S/C38H48FN5O9S/c1-37(2,3)53-35(48)40-30-18-11-6-4-5-8-14-25-20-38(25,34(47)42-54(50,51)27-15-9-7-10-16-27)41-32(45)31-19-26(22-44(31)33(30)46)52-36(49)43-21-24-13-12-17-29(39)28(24)23-43/h7,9-10,12-13,15-17,25-26,30-31H,4-6,8,11,14,18-23H2,1-3H3,(H,40,48)(H,41,45)(H,42,47)/t25-,26?,30+,31+,38-/m1/s1. The molecule has 1 unspecified atom stereocenters. The van der Waals surface area contributed by atoms with Crippen LogP contribution in [0, 0.1) is 11.7 Å². The van der Waals surface area contributed by atoms with Crippen molar-refractivity contribution in [1.29, 1.82) is 0 Å². The SMILES string of the molecule is CC(C)(C)OC(=O)N[C@H]1CCCCCCC[C@@H]2C[C@@]2(C(=O)NS(=O)(=O)c2ccccc2)NC(=O)[C@@H]2CC(OC(=O)N3Cc4cccc(F)c4C3)CN2C1=O. The first-order valence-electron chi connectivity index (χ1n) is 18.5. The summed E-state index contributed by atoms with van der Waals surface area (Å²) in [6.07, 6.45) is 2.08. The summed E-state index contributed by atoms with van der Waals surface area (Å²) in [5, 5.41) is 5.50. The molecule has 0 spiro atoms. The molecule has 3 N–H and O–H groups in total. The summed E-state index contributed by atoms with van der Waals surface area (Å²) < 4.78 is 54.3. The second-order valence-corrected chi connectivity index (χ2v) is 17.3. The lowest BCUT2D eigenvalue weighted by molar-refractivity contribution is -0.141. The van der Waals surface area contributed by atoms with Crippen LogP contribution in [0.25, 0.3) is 0 Å². The van der Waals surface area contributed by atoms with Crippen molar-refractivity contribution in [3.63, 3.8) is 0 Å². The number of halogens is 1. The van der Waals surface area contributed by atoms with E-state index in [0.29, 0.717) is 24.0 Å². The van der Waals surface area contributed by atoms with Gasteiger partial charge in [-0.3, -0.25) is 19.3 Å². The first-order valence-corrected chi connectivity index (χ1v) is 20.0. The predicted molar refractivity (Wildman–Crippen MR) is 192 cm³/mol. The maximum absolute atomic E-state index is 14.4. The van der Waals surface area contributed by atoms with E-state index in [4.69, 9.17) is 9.47 Å². The van der Waals surface area contributed by atoms with Crippen molar-refractivity contribution < 1.29 is 46.3 Å². The van der Waals surface area contributed by atoms with E-state index >= 15 is 0 Å². The maximum atomic E-state index is 14.4. The molecule has 0 aromatic heterocycles. The Bertz CT molecular complexity index is 1890. The van der Waals surface area contributed by atoms with Crippen LogP contribution < -0.4 is 15.4 Å². The highest BCUT2D eigenvalue weighted by Crippen LogP contribution is 2.48. The molecule has 16 heteroatoms. The Balaban J connectivity index is 1.26. The summed E-state index contributed by atoms with van der Waals surface area (Å²) in [6, 6.07) is 9.70. The van der Waals surface area contributed by atoms with Crippen molar-refractivity contribution in [2.75, 3.05) is 6.54 Å². The number of ether oxygens (including phenoxy) is 2. The van der Waals surface area contributed by atoms with Gasteiger partial charge in [0.05, 0.1) is 18.0 Å². The van der Waals surface area contributed by atoms with Gasteiger partial charge in [0.1, 0.15) is 35.1 Å². The zero-order valence-corrected chi connectivity index (χ0v) is 31.6. The molecule has 1 aliphatic carbocycles. The van der Waals surface area contributed by atoms with Crippen LogP contribution in [0.2, 0.25) is 0 Å². The molecule has 0 radical (unpaired) electrons. The predicted octanol–water partition coefficient (Wildman–Crippen LogP) is 4.27. The highest BCUT2D eigenvalue weighted by Gasteiger charge is 2.62. The summed E-state index contributed by atoms with van der Waals surface area (Å²) in [5.74, 6) is -2.98. The number of nitrogens with zero attached hydrogens (tertiary/aromatic N) is 2. The molecule has 5 atom stereocenters. The number of carbonyl (C=O) groups is 5. The van der Waals surface area contributed by atoms with Crippen LogP contribution in [0.15, 0.2) is 53.4 Å². The van der Waals surface area contributed by atoms with Gasteiger partial charge in [0.25, 0.3) is 15.9 Å². The van der Waals surface area contributed by atoms with Gasteiger partial charge in [-0.1, -0.05) is 62.4 Å². The molecule has 54 heavy (non-hydrogen) atoms. The van der Waals surface area contributed by atoms with E-state index in [2.05, 4.69) is 15.4 Å². The molecule has 5 amide bonds. The van der Waals surface area contributed by atoms with E-state index < -0.39 is 75.1 Å². The molecule has 1 saturated carbocycles. The third kappa shape index (κ3) is 8.79. The fourth-order valence-electron chi connectivity index (χ4n) is 7.62. The lowest BCUT2D eigenvalue weighted by atomic mass is 10.0. The monoisotopic (exact) mass is 769 g/mol. The molecule has 6 rings (SSSR count). The van der Waals surface area contributed by atoms with E-state index in [0.717, 1.165) is 25.7 Å². The molecule has 3 heterocycles. The second-order valence-electron chi connectivity index (χ2n) is 15.6. The van der Waals surface area contributed by atoms with Gasteiger partial charge in [0, 0.05) is 18.5 Å². The van der Waals surface area contributed by atoms with Gasteiger partial charge in [-0.2, -0.15) is 0 Å². The summed E-state index contributed by atoms with van der Waals surface area (Å²) in [4.78, 5) is 71.3. The Morgan fingerprint density at radius 2 is 1.65 bits per heavy atom. The lowest BCUT2D eigenvalue weighted by Gasteiger charge is -2.30. The van der Waals surface area contributed by atoms with Gasteiger partial charge < -0.3 is 25.0 Å². The van der Waals surface area contributed by atoms with Gasteiger partial charge >= 0.3 is 12.2 Å². The normalized spacial score (nSPS) is 26.2. The minimum atomic E-state index is -4.27. The summed E-state index contributed by atoms with van der Waals surface area (Å²) in [6.45, 7) is 5.00. The topological polar surface area (TPSA) is 181 Å². The summed E-state index contributed by atoms with van der Waals surface area (Å²) in [5.41, 5.74) is -1.36. The molecule has 4 aliphatic rings. The summed E-state index contributed by atoms with van der Waals surface area (Å²) in [7, 11) is -4.27. The van der Waals surface area contributed by atoms with Crippen LogP contribution in [-0.4, -0.2) is 84.0 Å². The quantitative estimate of drug-likeness (QED) is 0.401. The average molecular weight is 770 g/mol. The van der Waals surface area contributed by atoms with E-state index in [9.17, 15) is 36.8 Å². The minimum absolute atomic E-state index is 0.00703. The van der Waals surface area contributed by atoms with Gasteiger partial charge in [-0.15, -0.1) is 0 Å². The largest absolute Gasteiger partial charge is 0.444 e. The van der Waals surface area contributed by atoms with Gasteiger partial charge in [0.2, 0.25) is 11.8 Å². The van der Waals surface area contributed by atoms with E-state index in [1.807, 2.05) is 0 Å². The number of fused-ring (bicyclic) bond motifs is 3. The molecule has 3 fully saturated rings. The van der Waals surface area contributed by atoms with Crippen molar-refractivity contribution >= 4 is 39.9 Å². The Morgan fingerprint density at radius 3 is 2.35 bits per heavy atom. The zero-order chi connectivity index (χ0) is 38.8. The average Bonchev–Trinajstić information content (AvgIpc) is 3.40. The van der Waals surface area contributed by atoms with Crippen LogP contribution >= 0.6 is 0 Å². The molecule has 3 aliphatic heterocycles. The number of hydrogen-bond acceptors (Lipinski definition) is 9. The Kier molecular flexibility index (Phi) is 11.2. The number of sulfonamides is 1. The second kappa shape index (κ2) is 15.6. The third-order valence-corrected chi connectivity index (χ3v) is 11.8. The number of nitrogens with one attached hydrogen (secondary N) is 3. The lowest BCUT2D eigenvalue weighted by Crippen LogP contribution is -2.58. The Morgan fingerprint density at radius 1 is 0.944 bits per heavy atom. The number of rotatable bonds is 5. The zero-order valence-electron chi connectivity index (χ0n) is 30.8. The van der Waals surface area contributed by atoms with Crippen LogP contribution in [0.5, 0.6) is 0 Å². The third-order valence-electron chi connectivity index (χ3n) is 10.5. The highest BCUT2D eigenvalue weighted by atomic mass is 32.2. The highest BCUT2D eigenvalue weighted by molar-refractivity contribution is 7.90. The number of benzene rings is 2. The molecule has 14 nitrogen and oxygen atoms in total. The van der Waals surface area contributed by atoms with Crippen molar-refractivity contribution in [3.8, 4) is 0 Å². The Hall–Kier alpha value is -4.73. The molecular formula is C38H48FN5O9S. The number of alkyl carbamates (subject to hydrolysis) is 1. The first-order chi connectivity index (χ1) is 25.6. The molecule has 2 aromatic carbocycles. The van der Waals surface area contributed by atoms with Crippen LogP contribution in [0.4, 0.5) is 14.0 Å². The summed E-state index contributed by atoms with van der Waals surface area (Å²) >= 11 is 0. The molecule has 2 saturated heterocycles. The van der Waals surface area contributed by atoms with E-state index in [-0.39, 0.29) is 49.7 Å². The number of hydrogen-bond donors (Lipinski definition) is 3. The van der Waals surface area contributed by atoms with Crippen molar-refractivity contribution in [2.45, 2.75) is 126 Å². The molecular weight excluding hydrogens is 722 g/mol. The van der Waals surface area contributed by atoms with Gasteiger partial charge in [-0.05, 0) is 69.7 Å². The van der Waals surface area contributed by atoms with Crippen LogP contribution in [0.3, 0.4) is 0 Å². The molecule has 292 valence electrons. The van der Waals surface area contributed by atoms with Crippen LogP contribution in [-0.2, 0) is 47.0 Å². The van der Waals surface area contributed by atoms with Crippen LogP contribution in [0.1, 0.15) is 89.7 Å². The van der Waals surface area contributed by atoms with Crippen molar-refractivity contribution in [3.05, 3.63) is 65.5 Å².